The molecule has 3 atom stereocenters. The molecule has 0 aromatic carbocycles. The third-order valence-electron chi connectivity index (χ3n) is 7.68. The molecule has 0 heterocycles. The summed E-state index contributed by atoms with van der Waals surface area (Å²) in [6, 6.07) is 0. The van der Waals surface area contributed by atoms with Gasteiger partial charge in [-0.3, -0.25) is 0 Å². The Morgan fingerprint density at radius 2 is 1.17 bits per heavy atom. The molecular weight excluding hydrogens is 512 g/mol. The second-order valence-corrected chi connectivity index (χ2v) is 13.0. The van der Waals surface area contributed by atoms with E-state index in [2.05, 4.69) is 140 Å². The molecule has 0 amide bonds. The molecule has 1 aliphatic carbocycles. The molecule has 0 aliphatic heterocycles. The van der Waals surface area contributed by atoms with E-state index < -0.39 is 11.2 Å². The molecule has 0 radical (unpaired) electrons. The van der Waals surface area contributed by atoms with Gasteiger partial charge in [0, 0.05) is 5.92 Å². The molecular formula is C40H58O2. The van der Waals surface area contributed by atoms with E-state index in [0.29, 0.717) is 6.42 Å². The molecule has 2 N–H and O–H groups in total. The van der Waals surface area contributed by atoms with E-state index in [0.717, 1.165) is 30.4 Å². The second kappa shape index (κ2) is 18.6. The first-order valence-corrected chi connectivity index (χ1v) is 15.4. The van der Waals surface area contributed by atoms with Crippen molar-refractivity contribution in [3.8, 4) is 0 Å². The summed E-state index contributed by atoms with van der Waals surface area (Å²) in [6.07, 6.45) is 37.5. The maximum atomic E-state index is 10.8. The first kappa shape index (κ1) is 37.1. The lowest BCUT2D eigenvalue weighted by atomic mass is 9.78. The molecule has 2 nitrogen and oxygen atoms in total. The van der Waals surface area contributed by atoms with Gasteiger partial charge in [0.1, 0.15) is 0 Å². The second-order valence-electron chi connectivity index (χ2n) is 13.0. The summed E-state index contributed by atoms with van der Waals surface area (Å²) in [7, 11) is 0. The van der Waals surface area contributed by atoms with Gasteiger partial charge >= 0.3 is 0 Å². The highest BCUT2D eigenvalue weighted by molar-refractivity contribution is 5.32. The van der Waals surface area contributed by atoms with Crippen molar-refractivity contribution in [1.29, 1.82) is 0 Å². The Balaban J connectivity index is 2.61. The maximum Gasteiger partial charge on any atom is 0.0686 e. The molecule has 1 rings (SSSR count). The van der Waals surface area contributed by atoms with Crippen LogP contribution in [0.15, 0.2) is 131 Å². The minimum atomic E-state index is -0.803. The van der Waals surface area contributed by atoms with E-state index in [9.17, 15) is 10.2 Å². The zero-order chi connectivity index (χ0) is 31.8. The number of hydrogen-bond donors (Lipinski definition) is 2. The van der Waals surface area contributed by atoms with Gasteiger partial charge in [-0.2, -0.15) is 0 Å². The van der Waals surface area contributed by atoms with Crippen molar-refractivity contribution in [3.05, 3.63) is 131 Å². The molecule has 0 aromatic rings. The Hall–Kier alpha value is -2.94. The van der Waals surface area contributed by atoms with E-state index in [-0.39, 0.29) is 11.8 Å². The lowest BCUT2D eigenvalue weighted by Gasteiger charge is -2.33. The number of rotatable bonds is 14. The monoisotopic (exact) mass is 570 g/mol. The van der Waals surface area contributed by atoms with Crippen molar-refractivity contribution in [1.82, 2.24) is 0 Å². The Bertz CT molecular complexity index is 1190. The number of hydrogen-bond acceptors (Lipinski definition) is 2. The minimum absolute atomic E-state index is 0.0552. The smallest absolute Gasteiger partial charge is 0.0686 e. The molecule has 42 heavy (non-hydrogen) atoms. The summed E-state index contributed by atoms with van der Waals surface area (Å²) in [5.74, 6) is -0.00110. The maximum absolute atomic E-state index is 10.8. The predicted molar refractivity (Wildman–Crippen MR) is 186 cm³/mol. The SMILES string of the molecule is CC(C)=CCC/C(C)=C/C=C/C(C)=C/C=C/C(C)=C/C=C/C=C(C)/C=C/C=C(C)/C=C/[C@H]1C(C(C)(C)O)CC[C@]1(C)O. The van der Waals surface area contributed by atoms with E-state index in [4.69, 9.17) is 0 Å². The van der Waals surface area contributed by atoms with Crippen LogP contribution in [0.25, 0.3) is 0 Å². The first-order valence-electron chi connectivity index (χ1n) is 15.4. The van der Waals surface area contributed by atoms with Crippen LogP contribution >= 0.6 is 0 Å². The summed E-state index contributed by atoms with van der Waals surface area (Å²) in [5, 5.41) is 21.3. The molecule has 1 fully saturated rings. The van der Waals surface area contributed by atoms with Gasteiger partial charge in [-0.1, -0.05) is 131 Å². The fraction of sp³-hybridized carbons (Fsp3) is 0.450. The van der Waals surface area contributed by atoms with Crippen LogP contribution in [0.5, 0.6) is 0 Å². The molecule has 1 unspecified atom stereocenters. The molecule has 1 aliphatic rings. The van der Waals surface area contributed by atoms with Crippen LogP contribution in [-0.4, -0.2) is 21.4 Å². The molecule has 0 spiro atoms. The van der Waals surface area contributed by atoms with E-state index in [1.54, 1.807) is 0 Å². The highest BCUT2D eigenvalue weighted by Crippen LogP contribution is 2.46. The Kier molecular flexibility index (Phi) is 16.4. The fourth-order valence-corrected chi connectivity index (χ4v) is 4.99. The number of allylic oxidation sites excluding steroid dienone is 21. The van der Waals surface area contributed by atoms with E-state index >= 15 is 0 Å². The zero-order valence-corrected chi connectivity index (χ0v) is 28.1. The lowest BCUT2D eigenvalue weighted by Crippen LogP contribution is -2.39. The van der Waals surface area contributed by atoms with Gasteiger partial charge in [-0.05, 0) is 101 Å². The van der Waals surface area contributed by atoms with Gasteiger partial charge in [0.15, 0.2) is 0 Å². The van der Waals surface area contributed by atoms with Crippen LogP contribution in [0, 0.1) is 11.8 Å². The molecule has 0 aromatic heterocycles. The lowest BCUT2D eigenvalue weighted by molar-refractivity contribution is -0.0294. The van der Waals surface area contributed by atoms with Crippen LogP contribution in [0.1, 0.15) is 94.9 Å². The van der Waals surface area contributed by atoms with Gasteiger partial charge in [-0.15, -0.1) is 0 Å². The van der Waals surface area contributed by atoms with E-state index in [1.807, 2.05) is 26.8 Å². The van der Waals surface area contributed by atoms with Gasteiger partial charge < -0.3 is 10.2 Å². The van der Waals surface area contributed by atoms with Crippen LogP contribution in [-0.2, 0) is 0 Å². The summed E-state index contributed by atoms with van der Waals surface area (Å²) < 4.78 is 0. The standard InChI is InChI=1S/C40H58O2/c1-31(2)17-13-20-34(5)23-15-25-35(6)24-14-21-32(3)18-11-12-19-33(4)22-16-26-36(7)27-28-38-37(39(8,9)41)29-30-40(38,10)42/h11-12,14-19,21-28,37-38,41-42H,13,20,29-30H2,1-10H3/b12-11+,21-14+,22-16+,25-15+,28-27+,32-18+,33-19+,34-23+,35-24+,36-26+/t37?,38-,40-/m0/s1. The minimum Gasteiger partial charge on any atom is -0.390 e. The Morgan fingerprint density at radius 1 is 0.714 bits per heavy atom. The van der Waals surface area contributed by atoms with Crippen LogP contribution < -0.4 is 0 Å². The van der Waals surface area contributed by atoms with Crippen LogP contribution in [0.3, 0.4) is 0 Å². The van der Waals surface area contributed by atoms with Crippen molar-refractivity contribution in [2.24, 2.45) is 11.8 Å². The largest absolute Gasteiger partial charge is 0.390 e. The van der Waals surface area contributed by atoms with Crippen molar-refractivity contribution >= 4 is 0 Å². The third-order valence-corrected chi connectivity index (χ3v) is 7.68. The van der Waals surface area contributed by atoms with Crippen molar-refractivity contribution < 1.29 is 10.2 Å². The average Bonchev–Trinajstić information content (AvgIpc) is 3.19. The zero-order valence-electron chi connectivity index (χ0n) is 28.1. The highest BCUT2D eigenvalue weighted by Gasteiger charge is 2.47. The molecule has 0 saturated heterocycles. The Labute approximate surface area is 258 Å². The normalized spacial score (nSPS) is 24.0. The molecule has 1 saturated carbocycles. The third kappa shape index (κ3) is 15.9. The highest BCUT2D eigenvalue weighted by atomic mass is 16.3. The molecule has 0 bridgehead atoms. The van der Waals surface area contributed by atoms with Crippen LogP contribution in [0.4, 0.5) is 0 Å². The first-order chi connectivity index (χ1) is 19.6. The summed E-state index contributed by atoms with van der Waals surface area (Å²) >= 11 is 0. The van der Waals surface area contributed by atoms with Gasteiger partial charge in [-0.25, -0.2) is 0 Å². The van der Waals surface area contributed by atoms with E-state index in [1.165, 1.54) is 22.3 Å². The average molecular weight is 571 g/mol. The molecule has 230 valence electrons. The fourth-order valence-electron chi connectivity index (χ4n) is 4.99. The van der Waals surface area contributed by atoms with Gasteiger partial charge in [0.2, 0.25) is 0 Å². The van der Waals surface area contributed by atoms with Crippen molar-refractivity contribution in [2.75, 3.05) is 0 Å². The summed E-state index contributed by atoms with van der Waals surface area (Å²) in [4.78, 5) is 0. The quantitative estimate of drug-likeness (QED) is 0.161. The van der Waals surface area contributed by atoms with Crippen molar-refractivity contribution in [2.45, 2.75) is 106 Å². The summed E-state index contributed by atoms with van der Waals surface area (Å²) in [5.41, 5.74) is 5.88. The van der Waals surface area contributed by atoms with Crippen LogP contribution in [0.2, 0.25) is 0 Å². The van der Waals surface area contributed by atoms with Gasteiger partial charge in [0.25, 0.3) is 0 Å². The molecule has 2 heteroatoms. The Morgan fingerprint density at radius 3 is 1.64 bits per heavy atom. The topological polar surface area (TPSA) is 40.5 Å². The predicted octanol–water partition coefficient (Wildman–Crippen LogP) is 10.8. The number of aliphatic hydroxyl groups is 2. The van der Waals surface area contributed by atoms with Crippen molar-refractivity contribution in [3.63, 3.8) is 0 Å². The summed E-state index contributed by atoms with van der Waals surface area (Å²) in [6.45, 7) is 20.4. The van der Waals surface area contributed by atoms with Gasteiger partial charge in [0.05, 0.1) is 11.2 Å².